The molecule has 176 valence electrons. The van der Waals surface area contributed by atoms with E-state index in [1.165, 1.54) is 22.3 Å². The van der Waals surface area contributed by atoms with Crippen molar-refractivity contribution in [1.82, 2.24) is 9.80 Å². The van der Waals surface area contributed by atoms with Gasteiger partial charge in [-0.25, -0.2) is 0 Å². The van der Waals surface area contributed by atoms with Gasteiger partial charge in [0.15, 0.2) is 0 Å². The zero-order valence-electron chi connectivity index (χ0n) is 19.9. The van der Waals surface area contributed by atoms with Gasteiger partial charge in [-0.1, -0.05) is 30.3 Å². The van der Waals surface area contributed by atoms with Crippen LogP contribution in [-0.2, 0) is 26.3 Å². The van der Waals surface area contributed by atoms with E-state index in [4.69, 9.17) is 9.47 Å². The van der Waals surface area contributed by atoms with Crippen LogP contribution < -0.4 is 4.90 Å². The summed E-state index contributed by atoms with van der Waals surface area (Å²) >= 11 is 0. The van der Waals surface area contributed by atoms with Gasteiger partial charge in [-0.15, -0.1) is 0 Å². The quantitative estimate of drug-likeness (QED) is 0.702. The number of piperazine rings is 1. The molecular weight excluding hydrogens is 414 g/mol. The first-order valence-corrected chi connectivity index (χ1v) is 12.1. The van der Waals surface area contributed by atoms with E-state index in [-0.39, 0.29) is 11.3 Å². The van der Waals surface area contributed by atoms with Gasteiger partial charge in [-0.05, 0) is 54.3 Å². The average Bonchev–Trinajstić information content (AvgIpc) is 3.15. The molecule has 6 heteroatoms. The van der Waals surface area contributed by atoms with Gasteiger partial charge in [0.25, 0.3) is 0 Å². The fraction of sp³-hybridized carbons (Fsp3) is 0.519. The van der Waals surface area contributed by atoms with E-state index in [0.717, 1.165) is 64.5 Å². The first kappa shape index (κ1) is 22.5. The Kier molecular flexibility index (Phi) is 6.52. The first-order chi connectivity index (χ1) is 16.1. The minimum Gasteiger partial charge on any atom is -0.381 e. The SMILES string of the molecule is COCc1ccccc1-c1ccc2c(c1)C1(CCOCC1)CN2C(=O)CN1CCN(C)CC1. The Hall–Kier alpha value is -2.25. The number of amides is 1. The molecule has 3 aliphatic rings. The molecule has 0 aromatic heterocycles. The van der Waals surface area contributed by atoms with Gasteiger partial charge in [0.05, 0.1) is 13.2 Å². The molecule has 3 heterocycles. The summed E-state index contributed by atoms with van der Waals surface area (Å²) in [7, 11) is 3.88. The normalized spacial score (nSPS) is 20.8. The zero-order valence-corrected chi connectivity index (χ0v) is 19.9. The number of rotatable bonds is 5. The predicted molar refractivity (Wildman–Crippen MR) is 131 cm³/mol. The maximum absolute atomic E-state index is 13.5. The zero-order chi connectivity index (χ0) is 22.8. The van der Waals surface area contributed by atoms with Gasteiger partial charge >= 0.3 is 0 Å². The van der Waals surface area contributed by atoms with Crippen molar-refractivity contribution in [3.63, 3.8) is 0 Å². The first-order valence-electron chi connectivity index (χ1n) is 12.1. The Morgan fingerprint density at radius 2 is 1.82 bits per heavy atom. The molecule has 0 aliphatic carbocycles. The summed E-state index contributed by atoms with van der Waals surface area (Å²) in [4.78, 5) is 20.2. The van der Waals surface area contributed by atoms with Crippen LogP contribution in [0.5, 0.6) is 0 Å². The second-order valence-corrected chi connectivity index (χ2v) is 9.77. The number of nitrogens with zero attached hydrogens (tertiary/aromatic N) is 3. The van der Waals surface area contributed by atoms with Crippen LogP contribution in [0.3, 0.4) is 0 Å². The van der Waals surface area contributed by atoms with Crippen molar-refractivity contribution in [2.24, 2.45) is 0 Å². The third kappa shape index (κ3) is 4.45. The highest BCUT2D eigenvalue weighted by Gasteiger charge is 2.45. The Balaban J connectivity index is 1.47. The molecular formula is C27H35N3O3. The lowest BCUT2D eigenvalue weighted by Gasteiger charge is -2.35. The molecule has 2 saturated heterocycles. The van der Waals surface area contributed by atoms with Crippen molar-refractivity contribution in [3.05, 3.63) is 53.6 Å². The van der Waals surface area contributed by atoms with Crippen LogP contribution in [0.2, 0.25) is 0 Å². The Morgan fingerprint density at radius 3 is 2.58 bits per heavy atom. The number of carbonyl (C=O) groups is 1. The molecule has 0 N–H and O–H groups in total. The van der Waals surface area contributed by atoms with Crippen LogP contribution in [0, 0.1) is 0 Å². The van der Waals surface area contributed by atoms with E-state index in [2.05, 4.69) is 64.2 Å². The van der Waals surface area contributed by atoms with E-state index in [1.54, 1.807) is 7.11 Å². The molecule has 5 rings (SSSR count). The maximum atomic E-state index is 13.5. The maximum Gasteiger partial charge on any atom is 0.241 e. The minimum atomic E-state index is -0.0163. The molecule has 2 fully saturated rings. The summed E-state index contributed by atoms with van der Waals surface area (Å²) in [5.74, 6) is 0.219. The topological polar surface area (TPSA) is 45.3 Å². The molecule has 33 heavy (non-hydrogen) atoms. The molecule has 2 aromatic rings. The Bertz CT molecular complexity index is 994. The molecule has 0 atom stereocenters. The van der Waals surface area contributed by atoms with Gasteiger partial charge in [0.2, 0.25) is 5.91 Å². The summed E-state index contributed by atoms with van der Waals surface area (Å²) in [6.07, 6.45) is 1.92. The third-order valence-corrected chi connectivity index (χ3v) is 7.65. The highest BCUT2D eigenvalue weighted by atomic mass is 16.5. The molecule has 1 amide bonds. The number of fused-ring (bicyclic) bond motifs is 2. The number of anilines is 1. The van der Waals surface area contributed by atoms with Crippen LogP contribution in [0.4, 0.5) is 5.69 Å². The van der Waals surface area contributed by atoms with E-state index in [9.17, 15) is 4.79 Å². The number of likely N-dealkylation sites (N-methyl/N-ethyl adjacent to an activating group) is 1. The van der Waals surface area contributed by atoms with Crippen LogP contribution in [0.1, 0.15) is 24.0 Å². The van der Waals surface area contributed by atoms with Crippen molar-refractivity contribution in [1.29, 1.82) is 0 Å². The highest BCUT2D eigenvalue weighted by Crippen LogP contribution is 2.48. The molecule has 2 aromatic carbocycles. The molecule has 1 spiro atoms. The lowest BCUT2D eigenvalue weighted by atomic mass is 9.75. The number of benzene rings is 2. The van der Waals surface area contributed by atoms with Crippen LogP contribution in [0.25, 0.3) is 11.1 Å². The van der Waals surface area contributed by atoms with Gasteiger partial charge in [0, 0.05) is 64.1 Å². The van der Waals surface area contributed by atoms with E-state index in [1.807, 2.05) is 0 Å². The van der Waals surface area contributed by atoms with Crippen LogP contribution in [-0.4, -0.2) is 82.3 Å². The van der Waals surface area contributed by atoms with Gasteiger partial charge in [-0.2, -0.15) is 0 Å². The second-order valence-electron chi connectivity index (χ2n) is 9.77. The van der Waals surface area contributed by atoms with Crippen molar-refractivity contribution in [2.45, 2.75) is 24.9 Å². The van der Waals surface area contributed by atoms with Gasteiger partial charge in [0.1, 0.15) is 0 Å². The van der Waals surface area contributed by atoms with Crippen molar-refractivity contribution in [3.8, 4) is 11.1 Å². The molecule has 0 saturated carbocycles. The fourth-order valence-electron chi connectivity index (χ4n) is 5.61. The van der Waals surface area contributed by atoms with Crippen molar-refractivity contribution < 1.29 is 14.3 Å². The minimum absolute atomic E-state index is 0.0163. The fourth-order valence-corrected chi connectivity index (χ4v) is 5.61. The smallest absolute Gasteiger partial charge is 0.241 e. The third-order valence-electron chi connectivity index (χ3n) is 7.65. The van der Waals surface area contributed by atoms with E-state index < -0.39 is 0 Å². The molecule has 0 bridgehead atoms. The monoisotopic (exact) mass is 449 g/mol. The van der Waals surface area contributed by atoms with Crippen LogP contribution in [0.15, 0.2) is 42.5 Å². The number of ether oxygens (including phenoxy) is 2. The summed E-state index contributed by atoms with van der Waals surface area (Å²) in [6, 6.07) is 15.1. The van der Waals surface area contributed by atoms with Crippen LogP contribution >= 0.6 is 0 Å². The van der Waals surface area contributed by atoms with Crippen molar-refractivity contribution in [2.75, 3.05) is 71.5 Å². The number of hydrogen-bond donors (Lipinski definition) is 0. The standard InChI is InChI=1S/C27H35N3O3/c1-28-11-13-29(14-12-28)18-26(31)30-20-27(9-15-33-16-10-27)24-17-21(7-8-25(24)30)23-6-4-3-5-22(23)19-32-2/h3-8,17H,9-16,18-20H2,1-2H3. The Morgan fingerprint density at radius 1 is 1.06 bits per heavy atom. The highest BCUT2D eigenvalue weighted by molar-refractivity contribution is 5.98. The molecule has 0 radical (unpaired) electrons. The average molecular weight is 450 g/mol. The van der Waals surface area contributed by atoms with Crippen molar-refractivity contribution >= 4 is 11.6 Å². The van der Waals surface area contributed by atoms with Gasteiger partial charge < -0.3 is 19.3 Å². The lowest BCUT2D eigenvalue weighted by molar-refractivity contribution is -0.120. The van der Waals surface area contributed by atoms with Gasteiger partial charge in [-0.3, -0.25) is 9.69 Å². The van der Waals surface area contributed by atoms with E-state index >= 15 is 0 Å². The summed E-state index contributed by atoms with van der Waals surface area (Å²) in [5, 5.41) is 0. The lowest BCUT2D eigenvalue weighted by Crippen LogP contribution is -2.49. The number of carbonyl (C=O) groups excluding carboxylic acids is 1. The molecule has 0 unspecified atom stereocenters. The Labute approximate surface area is 197 Å². The summed E-state index contributed by atoms with van der Waals surface area (Å²) in [6.45, 7) is 7.31. The van der Waals surface area contributed by atoms with E-state index in [0.29, 0.717) is 13.2 Å². The summed E-state index contributed by atoms with van der Waals surface area (Å²) in [5.41, 5.74) is 5.96. The number of hydrogen-bond acceptors (Lipinski definition) is 5. The largest absolute Gasteiger partial charge is 0.381 e. The molecule has 6 nitrogen and oxygen atoms in total. The molecule has 3 aliphatic heterocycles. The number of methoxy groups -OCH3 is 1. The second kappa shape index (κ2) is 9.55. The predicted octanol–water partition coefficient (Wildman–Crippen LogP) is 3.14. The summed E-state index contributed by atoms with van der Waals surface area (Å²) < 4.78 is 11.2.